The maximum Gasteiger partial charge on any atom is 0.0908 e. The van der Waals surface area contributed by atoms with Crippen molar-refractivity contribution >= 4 is 0 Å². The molecule has 0 saturated heterocycles. The average molecular weight is 188 g/mol. The van der Waals surface area contributed by atoms with E-state index in [1.165, 1.54) is 0 Å². The van der Waals surface area contributed by atoms with Gasteiger partial charge in [0.25, 0.3) is 0 Å². The first-order valence-electron chi connectivity index (χ1n) is 4.93. The van der Waals surface area contributed by atoms with Gasteiger partial charge in [0, 0.05) is 20.8 Å². The highest BCUT2D eigenvalue weighted by atomic mass is 16.5. The molecule has 1 atom stereocenters. The maximum atomic E-state index is 10.2. The van der Waals surface area contributed by atoms with Crippen molar-refractivity contribution in [3.8, 4) is 0 Å². The van der Waals surface area contributed by atoms with E-state index in [-0.39, 0.29) is 0 Å². The zero-order chi connectivity index (χ0) is 9.73. The van der Waals surface area contributed by atoms with E-state index in [0.29, 0.717) is 12.5 Å². The van der Waals surface area contributed by atoms with Crippen LogP contribution >= 0.6 is 0 Å². The predicted octanol–water partition coefficient (Wildman–Crippen LogP) is 1.20. The monoisotopic (exact) mass is 188 g/mol. The molecule has 1 rings (SSSR count). The molecule has 0 heterocycles. The van der Waals surface area contributed by atoms with Crippen molar-refractivity contribution in [2.75, 3.05) is 27.4 Å². The summed E-state index contributed by atoms with van der Waals surface area (Å²) in [6.45, 7) is 1.18. The SMILES string of the molecule is COCCCC(O)(COC)C1CC1. The van der Waals surface area contributed by atoms with Crippen LogP contribution in [-0.4, -0.2) is 38.1 Å². The van der Waals surface area contributed by atoms with Gasteiger partial charge < -0.3 is 14.6 Å². The van der Waals surface area contributed by atoms with Crippen molar-refractivity contribution in [2.45, 2.75) is 31.3 Å². The van der Waals surface area contributed by atoms with E-state index in [0.717, 1.165) is 32.3 Å². The van der Waals surface area contributed by atoms with Gasteiger partial charge in [0.2, 0.25) is 0 Å². The van der Waals surface area contributed by atoms with Crippen molar-refractivity contribution in [3.05, 3.63) is 0 Å². The molecular formula is C10H20O3. The van der Waals surface area contributed by atoms with Crippen molar-refractivity contribution in [3.63, 3.8) is 0 Å². The molecule has 0 aromatic rings. The summed E-state index contributed by atoms with van der Waals surface area (Å²) in [6, 6.07) is 0. The second-order valence-corrected chi connectivity index (χ2v) is 3.91. The molecular weight excluding hydrogens is 168 g/mol. The standard InChI is InChI=1S/C10H20O3/c1-12-7-3-6-10(11,8-13-2)9-4-5-9/h9,11H,3-8H2,1-2H3. The van der Waals surface area contributed by atoms with Crippen LogP contribution in [-0.2, 0) is 9.47 Å². The highest BCUT2D eigenvalue weighted by Gasteiger charge is 2.43. The molecule has 3 heteroatoms. The normalized spacial score (nSPS) is 21.5. The van der Waals surface area contributed by atoms with Gasteiger partial charge in [0.05, 0.1) is 12.2 Å². The third-order valence-corrected chi connectivity index (χ3v) is 2.69. The number of aliphatic hydroxyl groups is 1. The summed E-state index contributed by atoms with van der Waals surface area (Å²) in [6.07, 6.45) is 3.99. The minimum absolute atomic E-state index is 0.460. The second-order valence-electron chi connectivity index (χ2n) is 3.91. The van der Waals surface area contributed by atoms with Crippen molar-refractivity contribution < 1.29 is 14.6 Å². The van der Waals surface area contributed by atoms with Crippen LogP contribution in [0.5, 0.6) is 0 Å². The fraction of sp³-hybridized carbons (Fsp3) is 1.00. The molecule has 3 nitrogen and oxygen atoms in total. The maximum absolute atomic E-state index is 10.2. The fourth-order valence-corrected chi connectivity index (χ4v) is 1.79. The first-order chi connectivity index (χ1) is 6.23. The number of ether oxygens (including phenoxy) is 2. The molecule has 1 fully saturated rings. The van der Waals surface area contributed by atoms with Gasteiger partial charge in [0.15, 0.2) is 0 Å². The first kappa shape index (κ1) is 11.0. The smallest absolute Gasteiger partial charge is 0.0908 e. The van der Waals surface area contributed by atoms with Gasteiger partial charge in [-0.2, -0.15) is 0 Å². The van der Waals surface area contributed by atoms with Crippen LogP contribution < -0.4 is 0 Å². The van der Waals surface area contributed by atoms with Crippen LogP contribution in [0.2, 0.25) is 0 Å². The number of hydrogen-bond donors (Lipinski definition) is 1. The Morgan fingerprint density at radius 1 is 1.31 bits per heavy atom. The minimum Gasteiger partial charge on any atom is -0.387 e. The van der Waals surface area contributed by atoms with Crippen molar-refractivity contribution in [2.24, 2.45) is 5.92 Å². The molecule has 0 amide bonds. The highest BCUT2D eigenvalue weighted by molar-refractivity contribution is 4.94. The number of rotatable bonds is 7. The van der Waals surface area contributed by atoms with Gasteiger partial charge in [0.1, 0.15) is 0 Å². The molecule has 0 aliphatic heterocycles. The van der Waals surface area contributed by atoms with E-state index in [9.17, 15) is 5.11 Å². The number of hydrogen-bond acceptors (Lipinski definition) is 3. The van der Waals surface area contributed by atoms with Crippen LogP contribution in [0, 0.1) is 5.92 Å². The van der Waals surface area contributed by atoms with Crippen LogP contribution in [0.15, 0.2) is 0 Å². The Labute approximate surface area is 80.0 Å². The summed E-state index contributed by atoms with van der Waals surface area (Å²) in [7, 11) is 3.33. The van der Waals surface area contributed by atoms with Crippen molar-refractivity contribution in [1.82, 2.24) is 0 Å². The molecule has 0 bridgehead atoms. The summed E-state index contributed by atoms with van der Waals surface area (Å²) in [5.41, 5.74) is -0.590. The summed E-state index contributed by atoms with van der Waals surface area (Å²) in [5, 5.41) is 10.2. The molecule has 13 heavy (non-hydrogen) atoms. The molecule has 78 valence electrons. The van der Waals surface area contributed by atoms with Gasteiger partial charge in [-0.25, -0.2) is 0 Å². The lowest BCUT2D eigenvalue weighted by molar-refractivity contribution is -0.0577. The Kier molecular flexibility index (Phi) is 4.16. The van der Waals surface area contributed by atoms with E-state index in [1.807, 2.05) is 0 Å². The second kappa shape index (κ2) is 4.94. The van der Waals surface area contributed by atoms with Crippen LogP contribution in [0.4, 0.5) is 0 Å². The Hall–Kier alpha value is -0.120. The van der Waals surface area contributed by atoms with E-state index in [1.54, 1.807) is 14.2 Å². The Bertz CT molecular complexity index is 145. The van der Waals surface area contributed by atoms with E-state index in [2.05, 4.69) is 0 Å². The fourth-order valence-electron chi connectivity index (χ4n) is 1.79. The molecule has 1 saturated carbocycles. The molecule has 1 N–H and O–H groups in total. The average Bonchev–Trinajstić information content (AvgIpc) is 2.87. The zero-order valence-corrected chi connectivity index (χ0v) is 8.58. The van der Waals surface area contributed by atoms with Crippen LogP contribution in [0.3, 0.4) is 0 Å². The summed E-state index contributed by atoms with van der Waals surface area (Å²) >= 11 is 0. The van der Waals surface area contributed by atoms with Gasteiger partial charge >= 0.3 is 0 Å². The molecule has 0 spiro atoms. The topological polar surface area (TPSA) is 38.7 Å². The van der Waals surface area contributed by atoms with Gasteiger partial charge in [-0.1, -0.05) is 0 Å². The zero-order valence-electron chi connectivity index (χ0n) is 8.58. The first-order valence-corrected chi connectivity index (χ1v) is 4.93. The molecule has 1 aliphatic rings. The lowest BCUT2D eigenvalue weighted by Gasteiger charge is -2.27. The van der Waals surface area contributed by atoms with Crippen LogP contribution in [0.1, 0.15) is 25.7 Å². The molecule has 1 aliphatic carbocycles. The Balaban J connectivity index is 2.28. The highest BCUT2D eigenvalue weighted by Crippen LogP contribution is 2.42. The molecule has 0 radical (unpaired) electrons. The number of methoxy groups -OCH3 is 2. The minimum atomic E-state index is -0.590. The van der Waals surface area contributed by atoms with E-state index >= 15 is 0 Å². The van der Waals surface area contributed by atoms with Gasteiger partial charge in [-0.15, -0.1) is 0 Å². The summed E-state index contributed by atoms with van der Waals surface area (Å²) in [5.74, 6) is 0.462. The third kappa shape index (κ3) is 3.25. The quantitative estimate of drug-likeness (QED) is 0.610. The lowest BCUT2D eigenvalue weighted by Crippen LogP contribution is -2.36. The van der Waals surface area contributed by atoms with Crippen molar-refractivity contribution in [1.29, 1.82) is 0 Å². The van der Waals surface area contributed by atoms with Gasteiger partial charge in [-0.3, -0.25) is 0 Å². The predicted molar refractivity (Wildman–Crippen MR) is 50.7 cm³/mol. The Morgan fingerprint density at radius 2 is 2.00 bits per heavy atom. The van der Waals surface area contributed by atoms with Crippen LogP contribution in [0.25, 0.3) is 0 Å². The molecule has 1 unspecified atom stereocenters. The molecule has 0 aromatic heterocycles. The summed E-state index contributed by atoms with van der Waals surface area (Å²) in [4.78, 5) is 0. The molecule has 0 aromatic carbocycles. The van der Waals surface area contributed by atoms with E-state index < -0.39 is 5.60 Å². The lowest BCUT2D eigenvalue weighted by atomic mass is 9.93. The third-order valence-electron chi connectivity index (χ3n) is 2.69. The van der Waals surface area contributed by atoms with Gasteiger partial charge in [-0.05, 0) is 31.6 Å². The van der Waals surface area contributed by atoms with E-state index in [4.69, 9.17) is 9.47 Å². The largest absolute Gasteiger partial charge is 0.387 e. The summed E-state index contributed by atoms with van der Waals surface area (Å²) < 4.78 is 10.0. The Morgan fingerprint density at radius 3 is 2.46 bits per heavy atom.